The molecule has 3 heteroatoms. The molecule has 10 aromatic carbocycles. The molecule has 3 nitrogen and oxygen atoms in total. The second-order valence-corrected chi connectivity index (χ2v) is 18.6. The van der Waals surface area contributed by atoms with Crippen molar-refractivity contribution in [2.75, 3.05) is 4.90 Å². The average molecular weight is 909 g/mol. The first-order valence-electron chi connectivity index (χ1n) is 24.4. The van der Waals surface area contributed by atoms with Gasteiger partial charge < -0.3 is 14.6 Å². The number of allylic oxidation sites excluding steroid dienone is 5. The highest BCUT2D eigenvalue weighted by Crippen LogP contribution is 2.62. The maximum atomic E-state index is 10.6. The fraction of sp³-hybridized carbons (Fsp3) is 0.0294. The van der Waals surface area contributed by atoms with Crippen molar-refractivity contribution in [3.8, 4) is 55.9 Å². The summed E-state index contributed by atoms with van der Waals surface area (Å²) in [7, 11) is 0. The highest BCUT2D eigenvalue weighted by Gasteiger charge is 2.51. The number of para-hydroxylation sites is 1. The standard InChI is InChI=1S/C68H48N2O/c1-3-15-56-59-39-30-50(43-65(59)68(62(56)4-2)63-22-13-11-20-57(63)58-21-12-14-23-64(58)68)48-28-36-54(37-29-48)69(52-32-24-46(25-33-52)45-16-7-5-8-17-45)53-34-26-47(27-35-53)49-31-40-66-60(42-49)61-44-55(71)38-41-67(61)70(66)51-18-9-6-10-19-51/h3-44,71H,2H2,1H3/b15-3-. The van der Waals surface area contributed by atoms with E-state index in [9.17, 15) is 5.11 Å². The van der Waals surface area contributed by atoms with Gasteiger partial charge in [-0.05, 0) is 170 Å². The average Bonchev–Trinajstić information content (AvgIpc) is 4.03. The van der Waals surface area contributed by atoms with Crippen molar-refractivity contribution in [2.24, 2.45) is 0 Å². The van der Waals surface area contributed by atoms with E-state index in [1.807, 2.05) is 18.2 Å². The summed E-state index contributed by atoms with van der Waals surface area (Å²) in [6.07, 6.45) is 6.49. The first kappa shape index (κ1) is 42.0. The van der Waals surface area contributed by atoms with Gasteiger partial charge in [-0.15, -0.1) is 0 Å². The number of benzene rings is 10. The summed E-state index contributed by atoms with van der Waals surface area (Å²) in [5.74, 6) is 0.254. The van der Waals surface area contributed by atoms with Gasteiger partial charge in [-0.25, -0.2) is 0 Å². The Balaban J connectivity index is 0.895. The van der Waals surface area contributed by atoms with E-state index in [2.05, 4.69) is 254 Å². The zero-order valence-electron chi connectivity index (χ0n) is 39.3. The third-order valence-corrected chi connectivity index (χ3v) is 14.8. The number of hydrogen-bond acceptors (Lipinski definition) is 2. The van der Waals surface area contributed by atoms with E-state index in [0.717, 1.165) is 61.2 Å². The van der Waals surface area contributed by atoms with Crippen molar-refractivity contribution in [1.29, 1.82) is 0 Å². The molecule has 0 bridgehead atoms. The van der Waals surface area contributed by atoms with Gasteiger partial charge in [0.05, 0.1) is 16.4 Å². The van der Waals surface area contributed by atoms with Crippen molar-refractivity contribution < 1.29 is 5.11 Å². The smallest absolute Gasteiger partial charge is 0.116 e. The molecule has 1 spiro atoms. The van der Waals surface area contributed by atoms with E-state index in [-0.39, 0.29) is 5.75 Å². The molecule has 1 aromatic heterocycles. The minimum absolute atomic E-state index is 0.254. The van der Waals surface area contributed by atoms with Gasteiger partial charge in [0, 0.05) is 33.5 Å². The van der Waals surface area contributed by atoms with Crippen LogP contribution in [0.4, 0.5) is 17.1 Å². The Labute approximate surface area is 414 Å². The number of aromatic nitrogens is 1. The minimum Gasteiger partial charge on any atom is -0.508 e. The summed E-state index contributed by atoms with van der Waals surface area (Å²) in [6.45, 7) is 6.55. The predicted octanol–water partition coefficient (Wildman–Crippen LogP) is 17.8. The van der Waals surface area contributed by atoms with Gasteiger partial charge in [0.1, 0.15) is 5.75 Å². The molecule has 2 aliphatic rings. The number of anilines is 3. The molecule has 0 radical (unpaired) electrons. The third-order valence-electron chi connectivity index (χ3n) is 14.8. The molecule has 1 heterocycles. The Bertz CT molecular complexity index is 3890. The highest BCUT2D eigenvalue weighted by molar-refractivity contribution is 6.11. The van der Waals surface area contributed by atoms with Crippen LogP contribution in [0.5, 0.6) is 5.75 Å². The van der Waals surface area contributed by atoms with Crippen LogP contribution in [0.2, 0.25) is 0 Å². The summed E-state index contributed by atoms with van der Waals surface area (Å²) in [5, 5.41) is 12.7. The summed E-state index contributed by atoms with van der Waals surface area (Å²) >= 11 is 0. The largest absolute Gasteiger partial charge is 0.508 e. The van der Waals surface area contributed by atoms with Crippen LogP contribution in [0.3, 0.4) is 0 Å². The van der Waals surface area contributed by atoms with Crippen LogP contribution in [-0.2, 0) is 5.41 Å². The molecule has 336 valence electrons. The molecule has 0 atom stereocenters. The van der Waals surface area contributed by atoms with Gasteiger partial charge in [-0.3, -0.25) is 0 Å². The molecule has 1 N–H and O–H groups in total. The monoisotopic (exact) mass is 908 g/mol. The molecule has 13 rings (SSSR count). The number of nitrogens with zero attached hydrogens (tertiary/aromatic N) is 2. The molecule has 0 fully saturated rings. The lowest BCUT2D eigenvalue weighted by molar-refractivity contribution is 0.476. The molecule has 11 aromatic rings. The first-order chi connectivity index (χ1) is 35.0. The maximum Gasteiger partial charge on any atom is 0.116 e. The van der Waals surface area contributed by atoms with Crippen LogP contribution in [0.25, 0.3) is 77.6 Å². The van der Waals surface area contributed by atoms with E-state index in [4.69, 9.17) is 0 Å². The number of aromatic hydroxyl groups is 1. The number of fused-ring (bicyclic) bond motifs is 10. The lowest BCUT2D eigenvalue weighted by Gasteiger charge is -2.31. The maximum absolute atomic E-state index is 10.6. The van der Waals surface area contributed by atoms with Crippen LogP contribution in [0.1, 0.15) is 29.2 Å². The summed E-state index contributed by atoms with van der Waals surface area (Å²) in [6, 6.07) is 84.9. The zero-order chi connectivity index (χ0) is 47.6. The molecule has 0 saturated carbocycles. The highest BCUT2D eigenvalue weighted by atomic mass is 16.3. The third kappa shape index (κ3) is 6.58. The van der Waals surface area contributed by atoms with E-state index < -0.39 is 5.41 Å². The van der Waals surface area contributed by atoms with E-state index >= 15 is 0 Å². The molecule has 2 aliphatic carbocycles. The van der Waals surface area contributed by atoms with Crippen LogP contribution >= 0.6 is 0 Å². The summed E-state index contributed by atoms with van der Waals surface area (Å²) in [5.41, 5.74) is 23.0. The lowest BCUT2D eigenvalue weighted by Crippen LogP contribution is -2.26. The normalized spacial score (nSPS) is 13.3. The van der Waals surface area contributed by atoms with Gasteiger partial charge in [0.25, 0.3) is 0 Å². The molecule has 0 unspecified atom stereocenters. The Kier molecular flexibility index (Phi) is 9.93. The van der Waals surface area contributed by atoms with Crippen molar-refractivity contribution >= 4 is 44.4 Å². The van der Waals surface area contributed by atoms with Crippen molar-refractivity contribution in [1.82, 2.24) is 4.57 Å². The Morgan fingerprint density at radius 2 is 0.901 bits per heavy atom. The molecule has 0 aliphatic heterocycles. The molecule has 71 heavy (non-hydrogen) atoms. The zero-order valence-corrected chi connectivity index (χ0v) is 39.3. The molecular formula is C68H48N2O. The van der Waals surface area contributed by atoms with E-state index in [1.54, 1.807) is 6.07 Å². The second-order valence-electron chi connectivity index (χ2n) is 18.6. The second kappa shape index (κ2) is 16.8. The fourth-order valence-corrected chi connectivity index (χ4v) is 11.7. The Hall–Kier alpha value is -9.18. The van der Waals surface area contributed by atoms with Crippen LogP contribution in [0.15, 0.2) is 267 Å². The van der Waals surface area contributed by atoms with Gasteiger partial charge in [-0.1, -0.05) is 176 Å². The van der Waals surface area contributed by atoms with Gasteiger partial charge in [0.15, 0.2) is 0 Å². The van der Waals surface area contributed by atoms with E-state index in [1.165, 1.54) is 61.2 Å². The van der Waals surface area contributed by atoms with Crippen LogP contribution in [-0.4, -0.2) is 9.67 Å². The molecule has 0 saturated heterocycles. The Morgan fingerprint density at radius 1 is 0.437 bits per heavy atom. The van der Waals surface area contributed by atoms with Gasteiger partial charge in [-0.2, -0.15) is 0 Å². The minimum atomic E-state index is -0.473. The van der Waals surface area contributed by atoms with Crippen LogP contribution < -0.4 is 4.90 Å². The number of phenolic OH excluding ortho intramolecular Hbond substituents is 1. The lowest BCUT2D eigenvalue weighted by atomic mass is 9.69. The quantitative estimate of drug-likeness (QED) is 0.156. The van der Waals surface area contributed by atoms with Crippen molar-refractivity contribution in [3.05, 3.63) is 289 Å². The molecular weight excluding hydrogens is 861 g/mol. The van der Waals surface area contributed by atoms with Crippen molar-refractivity contribution in [2.45, 2.75) is 12.3 Å². The predicted molar refractivity (Wildman–Crippen MR) is 297 cm³/mol. The van der Waals surface area contributed by atoms with E-state index in [0.29, 0.717) is 0 Å². The van der Waals surface area contributed by atoms with Crippen LogP contribution in [0, 0.1) is 0 Å². The topological polar surface area (TPSA) is 28.4 Å². The fourth-order valence-electron chi connectivity index (χ4n) is 11.7. The molecule has 0 amide bonds. The summed E-state index contributed by atoms with van der Waals surface area (Å²) < 4.78 is 2.27. The number of rotatable bonds is 9. The van der Waals surface area contributed by atoms with Gasteiger partial charge >= 0.3 is 0 Å². The first-order valence-corrected chi connectivity index (χ1v) is 24.4. The number of hydrogen-bond donors (Lipinski definition) is 1. The Morgan fingerprint density at radius 3 is 1.48 bits per heavy atom. The van der Waals surface area contributed by atoms with Gasteiger partial charge in [0.2, 0.25) is 0 Å². The van der Waals surface area contributed by atoms with Crippen molar-refractivity contribution in [3.63, 3.8) is 0 Å². The number of phenols is 1. The SMILES string of the molecule is C=CC1=C(/C=C\C)c2ccc(-c3ccc(N(c4ccc(-c5ccccc5)cc4)c4ccc(-c5ccc6c(c5)c5cc(O)ccc5n6-c5ccccc5)cc4)cc3)cc2C12c1ccccc1-c1ccccc12. The summed E-state index contributed by atoms with van der Waals surface area (Å²) in [4.78, 5) is 2.34.